The summed E-state index contributed by atoms with van der Waals surface area (Å²) >= 11 is 0. The lowest BCUT2D eigenvalue weighted by atomic mass is 10.4. The second kappa shape index (κ2) is 10.7. The molecule has 18 heavy (non-hydrogen) atoms. The van der Waals surface area contributed by atoms with Crippen molar-refractivity contribution in [2.75, 3.05) is 45.2 Å². The van der Waals surface area contributed by atoms with Crippen LogP contribution in [0.1, 0.15) is 0 Å². The fourth-order valence-electron chi connectivity index (χ4n) is 1.68. The Morgan fingerprint density at radius 3 is 2.44 bits per heavy atom. The molecule has 1 N–H and O–H groups in total. The Bertz CT molecular complexity index is 305. The predicted molar refractivity (Wildman–Crippen MR) is 80.8 cm³/mol. The van der Waals surface area contributed by atoms with Crippen LogP contribution in [0, 0.1) is 0 Å². The van der Waals surface area contributed by atoms with Gasteiger partial charge in [-0.3, -0.25) is 9.58 Å². The van der Waals surface area contributed by atoms with E-state index in [0.29, 0.717) is 0 Å². The highest BCUT2D eigenvalue weighted by Gasteiger charge is 2.09. The summed E-state index contributed by atoms with van der Waals surface area (Å²) in [6.07, 6.45) is 3.87. The second-order valence-corrected chi connectivity index (χ2v) is 3.70. The molecule has 108 valence electrons. The van der Waals surface area contributed by atoms with E-state index in [4.69, 9.17) is 4.74 Å². The van der Waals surface area contributed by atoms with Gasteiger partial charge in [0.15, 0.2) is 0 Å². The molecule has 1 aliphatic rings. The number of morpholine rings is 1. The number of hydrogen-bond acceptors (Lipinski definition) is 4. The zero-order valence-corrected chi connectivity index (χ0v) is 12.8. The summed E-state index contributed by atoms with van der Waals surface area (Å²) in [5.74, 6) is 0. The molecule has 5 nitrogen and oxygen atoms in total. The molecule has 1 aromatic rings. The highest BCUT2D eigenvalue weighted by atomic mass is 35.5. The lowest BCUT2D eigenvalue weighted by Gasteiger charge is -2.26. The van der Waals surface area contributed by atoms with Crippen molar-refractivity contribution >= 4 is 42.9 Å². The van der Waals surface area contributed by atoms with Crippen LogP contribution in [-0.4, -0.2) is 54.6 Å². The van der Waals surface area contributed by atoms with E-state index in [-0.39, 0.29) is 37.2 Å². The highest BCUT2D eigenvalue weighted by Crippen LogP contribution is 2.03. The van der Waals surface area contributed by atoms with Crippen LogP contribution < -0.4 is 5.32 Å². The van der Waals surface area contributed by atoms with Crippen LogP contribution in [0.15, 0.2) is 12.4 Å². The van der Waals surface area contributed by atoms with Crippen LogP contribution in [0.25, 0.3) is 0 Å². The first-order valence-electron chi connectivity index (χ1n) is 5.39. The number of aromatic nitrogens is 2. The van der Waals surface area contributed by atoms with Gasteiger partial charge >= 0.3 is 0 Å². The lowest BCUT2D eigenvalue weighted by Crippen LogP contribution is -2.38. The summed E-state index contributed by atoms with van der Waals surface area (Å²) in [6, 6.07) is 0. The molecule has 0 amide bonds. The quantitative estimate of drug-likeness (QED) is 0.914. The minimum absolute atomic E-state index is 0. The van der Waals surface area contributed by atoms with E-state index < -0.39 is 0 Å². The Kier molecular flexibility index (Phi) is 12.0. The summed E-state index contributed by atoms with van der Waals surface area (Å²) in [7, 11) is 1.91. The number of ether oxygens (including phenoxy) is 1. The van der Waals surface area contributed by atoms with Crippen molar-refractivity contribution in [1.82, 2.24) is 14.7 Å². The number of nitrogens with one attached hydrogen (secondary N) is 1. The Hall–Kier alpha value is -0.200. The van der Waals surface area contributed by atoms with E-state index in [1.807, 2.05) is 24.1 Å². The predicted octanol–water partition coefficient (Wildman–Crippen LogP) is 1.52. The van der Waals surface area contributed by atoms with Crippen LogP contribution in [0.4, 0.5) is 5.69 Å². The molecule has 0 unspecified atom stereocenters. The Labute approximate surface area is 126 Å². The molecule has 0 aromatic carbocycles. The van der Waals surface area contributed by atoms with Gasteiger partial charge < -0.3 is 10.1 Å². The Morgan fingerprint density at radius 1 is 1.22 bits per heavy atom. The van der Waals surface area contributed by atoms with Crippen molar-refractivity contribution in [2.45, 2.75) is 6.54 Å². The maximum absolute atomic E-state index is 5.30. The summed E-state index contributed by atoms with van der Waals surface area (Å²) < 4.78 is 7.27. The molecule has 0 aliphatic carbocycles. The van der Waals surface area contributed by atoms with Crippen LogP contribution in [0.2, 0.25) is 0 Å². The van der Waals surface area contributed by atoms with Crippen LogP contribution in [0.3, 0.4) is 0 Å². The second-order valence-electron chi connectivity index (χ2n) is 3.70. The summed E-state index contributed by atoms with van der Waals surface area (Å²) in [5, 5.41) is 7.34. The minimum Gasteiger partial charge on any atom is -0.386 e. The molecule has 2 rings (SSSR count). The zero-order valence-electron chi connectivity index (χ0n) is 10.4. The van der Waals surface area contributed by atoms with Gasteiger partial charge in [0.25, 0.3) is 0 Å². The third kappa shape index (κ3) is 6.11. The molecule has 0 bridgehead atoms. The standard InChI is InChI=1S/C10H18N4O.3ClH/c1-11-10-8-12-14(9-10)3-2-13-4-6-15-7-5-13;;;/h8-9,11H,2-7H2,1H3;3*1H. The van der Waals surface area contributed by atoms with E-state index in [9.17, 15) is 0 Å². The number of nitrogens with zero attached hydrogens (tertiary/aromatic N) is 3. The van der Waals surface area contributed by atoms with Crippen molar-refractivity contribution in [2.24, 2.45) is 0 Å². The lowest BCUT2D eigenvalue weighted by molar-refractivity contribution is 0.0360. The summed E-state index contributed by atoms with van der Waals surface area (Å²) in [4.78, 5) is 2.41. The highest BCUT2D eigenvalue weighted by molar-refractivity contribution is 5.86. The third-order valence-electron chi connectivity index (χ3n) is 2.67. The van der Waals surface area contributed by atoms with Crippen molar-refractivity contribution in [3.63, 3.8) is 0 Å². The molecule has 1 aromatic heterocycles. The van der Waals surface area contributed by atoms with Gasteiger partial charge in [-0.1, -0.05) is 0 Å². The summed E-state index contributed by atoms with van der Waals surface area (Å²) in [5.41, 5.74) is 1.07. The molecule has 8 heteroatoms. The van der Waals surface area contributed by atoms with Crippen molar-refractivity contribution in [3.05, 3.63) is 12.4 Å². The number of halogens is 3. The monoisotopic (exact) mass is 318 g/mol. The summed E-state index contributed by atoms with van der Waals surface area (Å²) in [6.45, 7) is 5.80. The Morgan fingerprint density at radius 2 is 1.89 bits per heavy atom. The molecule has 1 aliphatic heterocycles. The van der Waals surface area contributed by atoms with Crippen molar-refractivity contribution in [1.29, 1.82) is 0 Å². The largest absolute Gasteiger partial charge is 0.386 e. The van der Waals surface area contributed by atoms with E-state index in [1.165, 1.54) is 0 Å². The average Bonchev–Trinajstić information content (AvgIpc) is 2.76. The first-order chi connectivity index (χ1) is 7.38. The Balaban J connectivity index is 0. The van der Waals surface area contributed by atoms with Gasteiger partial charge in [0, 0.05) is 32.9 Å². The van der Waals surface area contributed by atoms with E-state index in [0.717, 1.165) is 45.1 Å². The molecule has 1 saturated heterocycles. The van der Waals surface area contributed by atoms with Gasteiger partial charge in [-0.05, 0) is 0 Å². The average molecular weight is 320 g/mol. The smallest absolute Gasteiger partial charge is 0.0723 e. The molecule has 2 heterocycles. The van der Waals surface area contributed by atoms with E-state index in [1.54, 1.807) is 0 Å². The number of anilines is 1. The molecular weight excluding hydrogens is 298 g/mol. The third-order valence-corrected chi connectivity index (χ3v) is 2.67. The number of rotatable bonds is 4. The van der Waals surface area contributed by atoms with Crippen molar-refractivity contribution in [3.8, 4) is 0 Å². The van der Waals surface area contributed by atoms with E-state index >= 15 is 0 Å². The fraction of sp³-hybridized carbons (Fsp3) is 0.700. The maximum Gasteiger partial charge on any atom is 0.0723 e. The van der Waals surface area contributed by atoms with Crippen molar-refractivity contribution < 1.29 is 4.74 Å². The zero-order chi connectivity index (χ0) is 10.5. The molecule has 0 saturated carbocycles. The normalized spacial score (nSPS) is 14.9. The topological polar surface area (TPSA) is 42.3 Å². The number of hydrogen-bond donors (Lipinski definition) is 1. The van der Waals surface area contributed by atoms with Gasteiger partial charge in [0.05, 0.1) is 31.6 Å². The van der Waals surface area contributed by atoms with Crippen LogP contribution >= 0.6 is 37.2 Å². The maximum atomic E-state index is 5.30. The van der Waals surface area contributed by atoms with Crippen LogP contribution in [-0.2, 0) is 11.3 Å². The molecule has 0 atom stereocenters. The van der Waals surface area contributed by atoms with Gasteiger partial charge in [-0.15, -0.1) is 37.2 Å². The molecule has 0 spiro atoms. The fourth-order valence-corrected chi connectivity index (χ4v) is 1.68. The van der Waals surface area contributed by atoms with Gasteiger partial charge in [0.1, 0.15) is 0 Å². The molecular formula is C10H21Cl3N4O. The first kappa shape index (κ1) is 20.1. The SMILES string of the molecule is CNc1cnn(CCN2CCOCC2)c1.Cl.Cl.Cl. The van der Waals surface area contributed by atoms with Crippen LogP contribution in [0.5, 0.6) is 0 Å². The van der Waals surface area contributed by atoms with Gasteiger partial charge in [0.2, 0.25) is 0 Å². The van der Waals surface area contributed by atoms with Gasteiger partial charge in [-0.25, -0.2) is 0 Å². The molecule has 0 radical (unpaired) electrons. The first-order valence-corrected chi connectivity index (χ1v) is 5.39. The molecule has 1 fully saturated rings. The van der Waals surface area contributed by atoms with E-state index in [2.05, 4.69) is 15.3 Å². The minimum atomic E-state index is 0. The van der Waals surface area contributed by atoms with Gasteiger partial charge in [-0.2, -0.15) is 5.10 Å².